The fourth-order valence-corrected chi connectivity index (χ4v) is 2.58. The number of rotatable bonds is 5. The molecule has 0 bridgehead atoms. The van der Waals surface area contributed by atoms with Gasteiger partial charge in [0.25, 0.3) is 5.91 Å². The maximum Gasteiger partial charge on any atom is 0.270 e. The number of carbonyl (C=O) groups is 1. The molecule has 1 aliphatic heterocycles. The molecule has 1 aliphatic rings. The van der Waals surface area contributed by atoms with Crippen LogP contribution in [0.5, 0.6) is 0 Å². The molecule has 0 radical (unpaired) electrons. The van der Waals surface area contributed by atoms with Gasteiger partial charge in [-0.3, -0.25) is 4.79 Å². The van der Waals surface area contributed by atoms with Crippen molar-refractivity contribution in [3.63, 3.8) is 0 Å². The number of hydrogen-bond donors (Lipinski definition) is 3. The smallest absolute Gasteiger partial charge is 0.270 e. The summed E-state index contributed by atoms with van der Waals surface area (Å²) in [6.45, 7) is 1.78. The largest absolute Gasteiger partial charge is 0.395 e. The van der Waals surface area contributed by atoms with E-state index < -0.39 is 0 Å². The second-order valence-electron chi connectivity index (χ2n) is 4.61. The number of halogens is 2. The molecule has 3 N–H and O–H groups in total. The van der Waals surface area contributed by atoms with Gasteiger partial charge < -0.3 is 20.3 Å². The Morgan fingerprint density at radius 1 is 1.53 bits per heavy atom. The van der Waals surface area contributed by atoms with E-state index in [-0.39, 0.29) is 23.7 Å². The van der Waals surface area contributed by atoms with Crippen molar-refractivity contribution >= 4 is 29.1 Å². The number of amides is 1. The van der Waals surface area contributed by atoms with Crippen LogP contribution in [0.15, 0.2) is 6.07 Å². The first-order valence-corrected chi connectivity index (χ1v) is 7.05. The van der Waals surface area contributed by atoms with Gasteiger partial charge in [0.1, 0.15) is 10.8 Å². The minimum atomic E-state index is -0.198. The van der Waals surface area contributed by atoms with Crippen molar-refractivity contribution in [2.75, 3.05) is 26.2 Å². The molecule has 1 amide bonds. The van der Waals surface area contributed by atoms with Crippen LogP contribution in [0.2, 0.25) is 10.2 Å². The number of aromatic amines is 1. The lowest BCUT2D eigenvalue weighted by Crippen LogP contribution is -2.42. The van der Waals surface area contributed by atoms with Crippen LogP contribution < -0.4 is 5.32 Å². The second-order valence-corrected chi connectivity index (χ2v) is 5.40. The van der Waals surface area contributed by atoms with Crippen molar-refractivity contribution in [1.82, 2.24) is 15.2 Å². The SMILES string of the molecule is O=C(c1cc(Cl)c(Cl)[nH]1)N(CCO)CC1CCCN1. The highest BCUT2D eigenvalue weighted by molar-refractivity contribution is 6.41. The molecule has 1 saturated heterocycles. The summed E-state index contributed by atoms with van der Waals surface area (Å²) in [6, 6.07) is 1.80. The predicted molar refractivity (Wildman–Crippen MR) is 74.8 cm³/mol. The van der Waals surface area contributed by atoms with Gasteiger partial charge in [0.15, 0.2) is 0 Å². The van der Waals surface area contributed by atoms with E-state index in [1.807, 2.05) is 0 Å². The lowest BCUT2D eigenvalue weighted by Gasteiger charge is -2.24. The Morgan fingerprint density at radius 3 is 2.84 bits per heavy atom. The normalized spacial score (nSPS) is 18.8. The summed E-state index contributed by atoms with van der Waals surface area (Å²) in [5.41, 5.74) is 0.349. The molecular weight excluding hydrogens is 289 g/mol. The summed E-state index contributed by atoms with van der Waals surface area (Å²) in [6.07, 6.45) is 2.16. The molecule has 1 unspecified atom stereocenters. The zero-order chi connectivity index (χ0) is 13.8. The van der Waals surface area contributed by atoms with Crippen molar-refractivity contribution in [2.45, 2.75) is 18.9 Å². The number of nitrogens with one attached hydrogen (secondary N) is 2. The van der Waals surface area contributed by atoms with E-state index in [1.165, 1.54) is 6.07 Å². The maximum atomic E-state index is 12.3. The highest BCUT2D eigenvalue weighted by Gasteiger charge is 2.23. The second kappa shape index (κ2) is 6.61. The van der Waals surface area contributed by atoms with Crippen LogP contribution in [0.4, 0.5) is 0 Å². The van der Waals surface area contributed by atoms with Crippen molar-refractivity contribution in [3.8, 4) is 0 Å². The number of hydrogen-bond acceptors (Lipinski definition) is 3. The average molecular weight is 306 g/mol. The Hall–Kier alpha value is -0.750. The third-order valence-electron chi connectivity index (χ3n) is 3.22. The van der Waals surface area contributed by atoms with E-state index in [0.29, 0.717) is 23.8 Å². The molecule has 5 nitrogen and oxygen atoms in total. The van der Waals surface area contributed by atoms with Crippen molar-refractivity contribution in [2.24, 2.45) is 0 Å². The topological polar surface area (TPSA) is 68.4 Å². The molecule has 19 heavy (non-hydrogen) atoms. The summed E-state index contributed by atoms with van der Waals surface area (Å²) in [5.74, 6) is -0.198. The Morgan fingerprint density at radius 2 is 2.32 bits per heavy atom. The van der Waals surface area contributed by atoms with Gasteiger partial charge in [0.05, 0.1) is 11.6 Å². The fraction of sp³-hybridized carbons (Fsp3) is 0.583. The van der Waals surface area contributed by atoms with Gasteiger partial charge in [-0.15, -0.1) is 0 Å². The number of nitrogens with zero attached hydrogens (tertiary/aromatic N) is 1. The zero-order valence-corrected chi connectivity index (χ0v) is 12.0. The Kier molecular flexibility index (Phi) is 5.10. The van der Waals surface area contributed by atoms with Gasteiger partial charge in [-0.1, -0.05) is 23.2 Å². The summed E-state index contributed by atoms with van der Waals surface area (Å²) in [7, 11) is 0. The van der Waals surface area contributed by atoms with Crippen LogP contribution in [0.1, 0.15) is 23.3 Å². The number of aliphatic hydroxyl groups is 1. The Labute approximate surface area is 121 Å². The fourth-order valence-electron chi connectivity index (χ4n) is 2.26. The lowest BCUT2D eigenvalue weighted by atomic mass is 10.2. The molecule has 1 fully saturated rings. The van der Waals surface area contributed by atoms with E-state index >= 15 is 0 Å². The number of carbonyl (C=O) groups excluding carboxylic acids is 1. The molecule has 2 heterocycles. The average Bonchev–Trinajstić information content (AvgIpc) is 2.99. The Balaban J connectivity index is 2.06. The van der Waals surface area contributed by atoms with Crippen LogP contribution in [-0.4, -0.2) is 53.2 Å². The first-order chi connectivity index (χ1) is 9.11. The van der Waals surface area contributed by atoms with Crippen molar-refractivity contribution < 1.29 is 9.90 Å². The van der Waals surface area contributed by atoms with Crippen LogP contribution in [-0.2, 0) is 0 Å². The van der Waals surface area contributed by atoms with Gasteiger partial charge >= 0.3 is 0 Å². The van der Waals surface area contributed by atoms with Crippen molar-refractivity contribution in [1.29, 1.82) is 0 Å². The summed E-state index contributed by atoms with van der Waals surface area (Å²) in [5, 5.41) is 13.0. The highest BCUT2D eigenvalue weighted by atomic mass is 35.5. The van der Waals surface area contributed by atoms with Gasteiger partial charge in [-0.05, 0) is 25.5 Å². The molecule has 7 heteroatoms. The molecule has 1 atom stereocenters. The van der Waals surface area contributed by atoms with Crippen LogP contribution in [0.3, 0.4) is 0 Å². The predicted octanol–water partition coefficient (Wildman–Crippen LogP) is 1.51. The molecule has 2 rings (SSSR count). The highest BCUT2D eigenvalue weighted by Crippen LogP contribution is 2.22. The first-order valence-electron chi connectivity index (χ1n) is 6.29. The maximum absolute atomic E-state index is 12.3. The van der Waals surface area contributed by atoms with E-state index in [9.17, 15) is 4.79 Å². The quantitative estimate of drug-likeness (QED) is 0.772. The molecule has 0 aliphatic carbocycles. The minimum Gasteiger partial charge on any atom is -0.395 e. The van der Waals surface area contributed by atoms with E-state index in [1.54, 1.807) is 4.90 Å². The molecule has 1 aromatic heterocycles. The van der Waals surface area contributed by atoms with Crippen LogP contribution in [0.25, 0.3) is 0 Å². The molecule has 0 spiro atoms. The monoisotopic (exact) mass is 305 g/mol. The van der Waals surface area contributed by atoms with Gasteiger partial charge in [-0.25, -0.2) is 0 Å². The van der Waals surface area contributed by atoms with E-state index in [4.69, 9.17) is 28.3 Å². The minimum absolute atomic E-state index is 0.0688. The molecule has 0 aromatic carbocycles. The first kappa shape index (κ1) is 14.7. The molecule has 1 aromatic rings. The van der Waals surface area contributed by atoms with Crippen LogP contribution >= 0.6 is 23.2 Å². The molecule has 0 saturated carbocycles. The summed E-state index contributed by atoms with van der Waals surface area (Å²) < 4.78 is 0. The number of H-pyrrole nitrogens is 1. The molecule has 106 valence electrons. The van der Waals surface area contributed by atoms with Crippen LogP contribution in [0, 0.1) is 0 Å². The summed E-state index contributed by atoms with van der Waals surface area (Å²) in [4.78, 5) is 16.7. The number of aromatic nitrogens is 1. The third kappa shape index (κ3) is 3.63. The van der Waals surface area contributed by atoms with Gasteiger partial charge in [-0.2, -0.15) is 0 Å². The molecular formula is C12H17Cl2N3O2. The third-order valence-corrected chi connectivity index (χ3v) is 3.91. The lowest BCUT2D eigenvalue weighted by molar-refractivity contribution is 0.0701. The van der Waals surface area contributed by atoms with E-state index in [2.05, 4.69) is 10.3 Å². The van der Waals surface area contributed by atoms with Crippen molar-refractivity contribution in [3.05, 3.63) is 21.9 Å². The standard InChI is InChI=1S/C12H17Cl2N3O2/c13-9-6-10(16-11(9)14)12(19)17(4-5-18)7-8-2-1-3-15-8/h6,8,15-16,18H,1-5,7H2. The van der Waals surface area contributed by atoms with Gasteiger partial charge in [0, 0.05) is 19.1 Å². The van der Waals surface area contributed by atoms with E-state index in [0.717, 1.165) is 19.4 Å². The van der Waals surface area contributed by atoms with Gasteiger partial charge in [0.2, 0.25) is 0 Å². The Bertz CT molecular complexity index is 425. The summed E-state index contributed by atoms with van der Waals surface area (Å²) >= 11 is 11.6. The number of aliphatic hydroxyl groups excluding tert-OH is 1. The zero-order valence-electron chi connectivity index (χ0n) is 10.5.